The zero-order chi connectivity index (χ0) is 18.7. The number of nitrogens with one attached hydrogen (secondary N) is 1. The van der Waals surface area contributed by atoms with E-state index in [-0.39, 0.29) is 16.7 Å². The number of nitrogens with zero attached hydrogens (tertiary/aromatic N) is 3. The highest BCUT2D eigenvalue weighted by Crippen LogP contribution is 2.23. The fourth-order valence-electron chi connectivity index (χ4n) is 2.55. The normalized spacial score (nSPS) is 10.6. The van der Waals surface area contributed by atoms with E-state index in [1.54, 1.807) is 0 Å². The highest BCUT2D eigenvalue weighted by molar-refractivity contribution is 7.13. The van der Waals surface area contributed by atoms with Crippen molar-refractivity contribution in [3.63, 3.8) is 0 Å². The predicted octanol–water partition coefficient (Wildman–Crippen LogP) is 4.18. The lowest BCUT2D eigenvalue weighted by molar-refractivity contribution is 0.102. The molecule has 0 fully saturated rings. The van der Waals surface area contributed by atoms with Gasteiger partial charge in [0.15, 0.2) is 0 Å². The number of rotatable bonds is 5. The highest BCUT2D eigenvalue weighted by atomic mass is 32.1. The Morgan fingerprint density at radius 3 is 2.62 bits per heavy atom. The first-order valence-corrected chi connectivity index (χ1v) is 8.92. The Balaban J connectivity index is 1.68. The second kappa shape index (κ2) is 7.61. The van der Waals surface area contributed by atoms with Gasteiger partial charge in [-0.1, -0.05) is 23.5 Å². The number of carbonyl (C=O) groups is 1. The van der Waals surface area contributed by atoms with Crippen molar-refractivity contribution in [2.75, 3.05) is 17.3 Å². The molecule has 0 atom stereocenters. The van der Waals surface area contributed by atoms with E-state index >= 15 is 0 Å². The summed E-state index contributed by atoms with van der Waals surface area (Å²) in [4.78, 5) is 14.3. The van der Waals surface area contributed by atoms with Gasteiger partial charge in [0, 0.05) is 18.4 Å². The van der Waals surface area contributed by atoms with E-state index in [0.29, 0.717) is 12.2 Å². The number of amides is 1. The van der Waals surface area contributed by atoms with Gasteiger partial charge in [-0.25, -0.2) is 4.39 Å². The molecule has 0 saturated heterocycles. The van der Waals surface area contributed by atoms with Gasteiger partial charge in [0.25, 0.3) is 5.91 Å². The van der Waals surface area contributed by atoms with E-state index in [0.717, 1.165) is 10.7 Å². The number of benzene rings is 2. The Morgan fingerprint density at radius 2 is 1.88 bits per heavy atom. The molecule has 1 heterocycles. The van der Waals surface area contributed by atoms with Gasteiger partial charge in [0.2, 0.25) is 5.01 Å². The molecule has 3 rings (SSSR count). The van der Waals surface area contributed by atoms with Crippen LogP contribution >= 0.6 is 11.3 Å². The number of carbonyl (C=O) groups excluding carboxylic acids is 1. The van der Waals surface area contributed by atoms with Crippen LogP contribution in [0.4, 0.5) is 15.8 Å². The lowest BCUT2D eigenvalue weighted by atomic mass is 10.1. The zero-order valence-electron chi connectivity index (χ0n) is 14.8. The second-order valence-electron chi connectivity index (χ2n) is 6.11. The van der Waals surface area contributed by atoms with Gasteiger partial charge >= 0.3 is 0 Å². The fraction of sp³-hybridized carbons (Fsp3) is 0.211. The van der Waals surface area contributed by atoms with E-state index in [2.05, 4.69) is 52.5 Å². The molecule has 0 aliphatic heterocycles. The smallest absolute Gasteiger partial charge is 0.286 e. The highest BCUT2D eigenvalue weighted by Gasteiger charge is 2.15. The van der Waals surface area contributed by atoms with Crippen molar-refractivity contribution in [2.45, 2.75) is 20.4 Å². The molecule has 7 heteroatoms. The summed E-state index contributed by atoms with van der Waals surface area (Å²) >= 11 is 1.25. The molecular formula is C19H19FN4OS. The summed E-state index contributed by atoms with van der Waals surface area (Å²) in [5, 5.41) is 11.8. The molecule has 0 radical (unpaired) electrons. The Labute approximate surface area is 155 Å². The third kappa shape index (κ3) is 4.23. The van der Waals surface area contributed by atoms with Crippen LogP contribution in [-0.2, 0) is 6.54 Å². The number of anilines is 2. The van der Waals surface area contributed by atoms with E-state index in [9.17, 15) is 9.18 Å². The maximum Gasteiger partial charge on any atom is 0.286 e. The molecule has 0 aliphatic carbocycles. The average molecular weight is 370 g/mol. The van der Waals surface area contributed by atoms with Crippen molar-refractivity contribution >= 4 is 28.6 Å². The summed E-state index contributed by atoms with van der Waals surface area (Å²) in [6, 6.07) is 11.9. The molecule has 0 spiro atoms. The third-order valence-corrected chi connectivity index (χ3v) is 4.82. The van der Waals surface area contributed by atoms with Crippen molar-refractivity contribution in [1.29, 1.82) is 0 Å². The number of hydrogen-bond acceptors (Lipinski definition) is 5. The van der Waals surface area contributed by atoms with Crippen LogP contribution in [0, 0.1) is 19.7 Å². The molecule has 0 unspecified atom stereocenters. The molecule has 134 valence electrons. The standard InChI is InChI=1S/C19H19FN4OS/c1-12-4-5-13(2)16(10-12)24(3)11-17-22-23-19(26-17)18(25)21-15-8-6-14(20)7-9-15/h4-10H,11H2,1-3H3,(H,21,25). The van der Waals surface area contributed by atoms with Gasteiger partial charge in [-0.2, -0.15) is 0 Å². The quantitative estimate of drug-likeness (QED) is 0.732. The van der Waals surface area contributed by atoms with Gasteiger partial charge in [0.1, 0.15) is 10.8 Å². The number of halogens is 1. The van der Waals surface area contributed by atoms with Crippen molar-refractivity contribution < 1.29 is 9.18 Å². The monoisotopic (exact) mass is 370 g/mol. The Kier molecular flexibility index (Phi) is 5.27. The van der Waals surface area contributed by atoms with Gasteiger partial charge in [-0.3, -0.25) is 4.79 Å². The first-order chi connectivity index (χ1) is 12.4. The first-order valence-electron chi connectivity index (χ1n) is 8.10. The lowest BCUT2D eigenvalue weighted by Crippen LogP contribution is -2.17. The van der Waals surface area contributed by atoms with Crippen LogP contribution < -0.4 is 10.2 Å². The van der Waals surface area contributed by atoms with E-state index in [1.165, 1.54) is 46.7 Å². The van der Waals surface area contributed by atoms with Crippen molar-refractivity contribution in [1.82, 2.24) is 10.2 Å². The van der Waals surface area contributed by atoms with Crippen molar-refractivity contribution in [3.05, 3.63) is 69.4 Å². The van der Waals surface area contributed by atoms with E-state index < -0.39 is 0 Å². The van der Waals surface area contributed by atoms with Crippen LogP contribution in [0.1, 0.15) is 25.9 Å². The van der Waals surface area contributed by atoms with Crippen LogP contribution in [0.25, 0.3) is 0 Å². The maximum absolute atomic E-state index is 12.9. The lowest BCUT2D eigenvalue weighted by Gasteiger charge is -2.20. The third-order valence-electron chi connectivity index (χ3n) is 3.91. The minimum atomic E-state index is -0.352. The molecule has 0 bridgehead atoms. The second-order valence-corrected chi connectivity index (χ2v) is 7.17. The van der Waals surface area contributed by atoms with Crippen LogP contribution in [0.5, 0.6) is 0 Å². The summed E-state index contributed by atoms with van der Waals surface area (Å²) in [5.74, 6) is -0.703. The molecule has 0 saturated carbocycles. The fourth-order valence-corrected chi connectivity index (χ4v) is 3.33. The molecule has 0 aliphatic rings. The van der Waals surface area contributed by atoms with Gasteiger partial charge in [-0.05, 0) is 55.3 Å². The largest absolute Gasteiger partial charge is 0.368 e. The summed E-state index contributed by atoms with van der Waals surface area (Å²) in [6.45, 7) is 4.68. The minimum absolute atomic E-state index is 0.277. The number of aromatic nitrogens is 2. The van der Waals surface area contributed by atoms with Crippen LogP contribution in [0.3, 0.4) is 0 Å². The maximum atomic E-state index is 12.9. The predicted molar refractivity (Wildman–Crippen MR) is 102 cm³/mol. The summed E-state index contributed by atoms with van der Waals surface area (Å²) in [5.41, 5.74) is 4.00. The van der Waals surface area contributed by atoms with Gasteiger partial charge < -0.3 is 10.2 Å². The van der Waals surface area contributed by atoms with Crippen molar-refractivity contribution in [2.24, 2.45) is 0 Å². The first kappa shape index (κ1) is 18.0. The summed E-state index contributed by atoms with van der Waals surface area (Å²) in [6.07, 6.45) is 0. The SMILES string of the molecule is Cc1ccc(C)c(N(C)Cc2nnc(C(=O)Nc3ccc(F)cc3)s2)c1. The van der Waals surface area contributed by atoms with E-state index in [4.69, 9.17) is 0 Å². The average Bonchev–Trinajstić information content (AvgIpc) is 3.07. The van der Waals surface area contributed by atoms with Gasteiger partial charge in [0.05, 0.1) is 6.54 Å². The van der Waals surface area contributed by atoms with Gasteiger partial charge in [-0.15, -0.1) is 10.2 Å². The molecule has 26 heavy (non-hydrogen) atoms. The molecule has 5 nitrogen and oxygen atoms in total. The molecule has 1 amide bonds. The topological polar surface area (TPSA) is 58.1 Å². The Morgan fingerprint density at radius 1 is 1.15 bits per heavy atom. The molecular weight excluding hydrogens is 351 g/mol. The number of aryl methyl sites for hydroxylation is 2. The summed E-state index contributed by atoms with van der Waals surface area (Å²) in [7, 11) is 1.99. The van der Waals surface area contributed by atoms with Crippen molar-refractivity contribution in [3.8, 4) is 0 Å². The van der Waals surface area contributed by atoms with E-state index in [1.807, 2.05) is 7.05 Å². The zero-order valence-corrected chi connectivity index (χ0v) is 15.6. The number of hydrogen-bond donors (Lipinski definition) is 1. The Bertz CT molecular complexity index is 924. The Hall–Kier alpha value is -2.80. The summed E-state index contributed by atoms with van der Waals surface area (Å²) < 4.78 is 12.9. The molecule has 1 N–H and O–H groups in total. The van der Waals surface area contributed by atoms with Crippen LogP contribution in [0.15, 0.2) is 42.5 Å². The minimum Gasteiger partial charge on any atom is -0.368 e. The molecule has 1 aromatic heterocycles. The van der Waals surface area contributed by atoms with Crippen LogP contribution in [-0.4, -0.2) is 23.2 Å². The molecule has 3 aromatic rings. The molecule has 2 aromatic carbocycles. The van der Waals surface area contributed by atoms with Crippen LogP contribution in [0.2, 0.25) is 0 Å².